The van der Waals surface area contributed by atoms with E-state index in [1.807, 2.05) is 0 Å². The first-order valence-corrected chi connectivity index (χ1v) is 7.53. The van der Waals surface area contributed by atoms with Crippen molar-refractivity contribution < 1.29 is 18.3 Å². The first kappa shape index (κ1) is 16.1. The molecule has 7 nitrogen and oxygen atoms in total. The maximum atomic E-state index is 11.8. The second-order valence-corrected chi connectivity index (χ2v) is 6.87. The van der Waals surface area contributed by atoms with Crippen molar-refractivity contribution in [1.82, 2.24) is 0 Å². The Bertz CT molecular complexity index is 668. The summed E-state index contributed by atoms with van der Waals surface area (Å²) < 4.78 is 23.6. The van der Waals surface area contributed by atoms with Crippen LogP contribution in [-0.4, -0.2) is 31.6 Å². The number of aliphatic hydroxyl groups is 1. The Labute approximate surface area is 117 Å². The van der Waals surface area contributed by atoms with E-state index in [1.54, 1.807) is 0 Å². The fourth-order valence-electron chi connectivity index (χ4n) is 1.65. The van der Waals surface area contributed by atoms with Crippen LogP contribution in [0.4, 0.5) is 0 Å². The van der Waals surface area contributed by atoms with E-state index in [0.29, 0.717) is 0 Å². The van der Waals surface area contributed by atoms with E-state index in [2.05, 4.69) is 4.99 Å². The van der Waals surface area contributed by atoms with Gasteiger partial charge in [-0.25, -0.2) is 8.42 Å². The second kappa shape index (κ2) is 5.22. The standard InChI is InChI=1S/C12H17N3O4S/c1-12(2,17)8-5-4-7(10(16)15-11(13)14)6-9(8)20(3,18)19/h4-6,17H,1-3H3,(H4,13,14,15,16). The normalized spacial score (nSPS) is 12.0. The van der Waals surface area contributed by atoms with Crippen LogP contribution in [0.15, 0.2) is 28.1 Å². The molecular weight excluding hydrogens is 282 g/mol. The zero-order chi connectivity index (χ0) is 15.7. The summed E-state index contributed by atoms with van der Waals surface area (Å²) in [6, 6.07) is 3.88. The number of benzene rings is 1. The van der Waals surface area contributed by atoms with Crippen LogP contribution in [-0.2, 0) is 15.4 Å². The molecule has 0 saturated carbocycles. The average molecular weight is 299 g/mol. The molecule has 8 heteroatoms. The Morgan fingerprint density at radius 3 is 2.25 bits per heavy atom. The molecule has 0 aliphatic rings. The zero-order valence-corrected chi connectivity index (χ0v) is 12.2. The predicted molar refractivity (Wildman–Crippen MR) is 74.9 cm³/mol. The topological polar surface area (TPSA) is 136 Å². The van der Waals surface area contributed by atoms with Crippen LogP contribution in [0.1, 0.15) is 29.8 Å². The highest BCUT2D eigenvalue weighted by molar-refractivity contribution is 7.90. The molecule has 0 unspecified atom stereocenters. The number of nitrogens with zero attached hydrogens (tertiary/aromatic N) is 1. The van der Waals surface area contributed by atoms with Gasteiger partial charge in [-0.15, -0.1) is 0 Å². The molecule has 1 amide bonds. The number of hydrogen-bond donors (Lipinski definition) is 3. The maximum absolute atomic E-state index is 11.8. The van der Waals surface area contributed by atoms with E-state index >= 15 is 0 Å². The van der Waals surface area contributed by atoms with Gasteiger partial charge in [0.15, 0.2) is 15.8 Å². The molecule has 5 N–H and O–H groups in total. The maximum Gasteiger partial charge on any atom is 0.280 e. The molecule has 0 heterocycles. The molecule has 110 valence electrons. The lowest BCUT2D eigenvalue weighted by molar-refractivity contribution is 0.0754. The van der Waals surface area contributed by atoms with Gasteiger partial charge in [0.25, 0.3) is 5.91 Å². The minimum Gasteiger partial charge on any atom is -0.386 e. The van der Waals surface area contributed by atoms with Gasteiger partial charge in [-0.05, 0) is 26.0 Å². The van der Waals surface area contributed by atoms with Crippen LogP contribution in [0.5, 0.6) is 0 Å². The van der Waals surface area contributed by atoms with Gasteiger partial charge in [-0.2, -0.15) is 4.99 Å². The summed E-state index contributed by atoms with van der Waals surface area (Å²) in [5, 5.41) is 9.99. The lowest BCUT2D eigenvalue weighted by Crippen LogP contribution is -2.24. The van der Waals surface area contributed by atoms with Crippen molar-refractivity contribution in [1.29, 1.82) is 0 Å². The van der Waals surface area contributed by atoms with E-state index in [-0.39, 0.29) is 16.0 Å². The van der Waals surface area contributed by atoms with Gasteiger partial charge in [0.2, 0.25) is 0 Å². The third-order valence-corrected chi connectivity index (χ3v) is 3.65. The van der Waals surface area contributed by atoms with E-state index in [4.69, 9.17) is 11.5 Å². The molecular formula is C12H17N3O4S. The van der Waals surface area contributed by atoms with Gasteiger partial charge in [-0.3, -0.25) is 4.79 Å². The van der Waals surface area contributed by atoms with Crippen LogP contribution in [0.3, 0.4) is 0 Å². The molecule has 0 saturated heterocycles. The first-order valence-electron chi connectivity index (χ1n) is 5.64. The molecule has 20 heavy (non-hydrogen) atoms. The predicted octanol–water partition coefficient (Wildman–Crippen LogP) is -0.269. The van der Waals surface area contributed by atoms with Gasteiger partial charge in [-0.1, -0.05) is 6.07 Å². The highest BCUT2D eigenvalue weighted by Gasteiger charge is 2.26. The van der Waals surface area contributed by atoms with Gasteiger partial charge >= 0.3 is 0 Å². The molecule has 0 bridgehead atoms. The summed E-state index contributed by atoms with van der Waals surface area (Å²) in [6.45, 7) is 2.91. The SMILES string of the molecule is CC(C)(O)c1ccc(C(=O)N=C(N)N)cc1S(C)(=O)=O. The highest BCUT2D eigenvalue weighted by Crippen LogP contribution is 2.28. The number of amides is 1. The smallest absolute Gasteiger partial charge is 0.280 e. The van der Waals surface area contributed by atoms with Gasteiger partial charge in [0.1, 0.15) is 0 Å². The third-order valence-electron chi connectivity index (χ3n) is 2.52. The number of rotatable bonds is 3. The highest BCUT2D eigenvalue weighted by atomic mass is 32.2. The first-order chi connectivity index (χ1) is 8.93. The second-order valence-electron chi connectivity index (χ2n) is 4.88. The number of sulfone groups is 1. The minimum absolute atomic E-state index is 0.0202. The number of carbonyl (C=O) groups excluding carboxylic acids is 1. The van der Waals surface area contributed by atoms with E-state index < -0.39 is 27.3 Å². The van der Waals surface area contributed by atoms with Crippen LogP contribution >= 0.6 is 0 Å². The monoisotopic (exact) mass is 299 g/mol. The number of nitrogens with two attached hydrogens (primary N) is 2. The fourth-order valence-corrected chi connectivity index (χ4v) is 2.71. The molecule has 0 radical (unpaired) electrons. The quantitative estimate of drug-likeness (QED) is 0.519. The fraction of sp³-hybridized carbons (Fsp3) is 0.333. The number of carbonyl (C=O) groups is 1. The van der Waals surface area contributed by atoms with Crippen molar-refractivity contribution in [2.24, 2.45) is 16.5 Å². The number of hydrogen-bond acceptors (Lipinski definition) is 4. The summed E-state index contributed by atoms with van der Waals surface area (Å²) >= 11 is 0. The molecule has 0 aromatic heterocycles. The molecule has 0 aliphatic carbocycles. The lowest BCUT2D eigenvalue weighted by Gasteiger charge is -2.21. The molecule has 0 atom stereocenters. The summed E-state index contributed by atoms with van der Waals surface area (Å²) in [7, 11) is -3.62. The summed E-state index contributed by atoms with van der Waals surface area (Å²) in [6.07, 6.45) is 0.992. The summed E-state index contributed by atoms with van der Waals surface area (Å²) in [5.74, 6) is -1.17. The van der Waals surface area contributed by atoms with E-state index in [0.717, 1.165) is 12.3 Å². The van der Waals surface area contributed by atoms with Crippen LogP contribution in [0.2, 0.25) is 0 Å². The summed E-state index contributed by atoms with van der Waals surface area (Å²) in [5.41, 5.74) is 9.06. The van der Waals surface area contributed by atoms with Crippen LogP contribution in [0, 0.1) is 0 Å². The Hall–Kier alpha value is -1.93. The number of guanidine groups is 1. The molecule has 1 aromatic rings. The van der Waals surface area contributed by atoms with Gasteiger partial charge in [0, 0.05) is 17.4 Å². The largest absolute Gasteiger partial charge is 0.386 e. The molecule has 0 aliphatic heterocycles. The molecule has 1 rings (SSSR count). The van der Waals surface area contributed by atoms with E-state index in [9.17, 15) is 18.3 Å². The average Bonchev–Trinajstić information content (AvgIpc) is 2.24. The van der Waals surface area contributed by atoms with Crippen molar-refractivity contribution in [3.8, 4) is 0 Å². The summed E-state index contributed by atoms with van der Waals surface area (Å²) in [4.78, 5) is 14.9. The van der Waals surface area contributed by atoms with Gasteiger partial charge < -0.3 is 16.6 Å². The van der Waals surface area contributed by atoms with Crippen molar-refractivity contribution in [2.75, 3.05) is 6.26 Å². The lowest BCUT2D eigenvalue weighted by atomic mass is 9.97. The van der Waals surface area contributed by atoms with Crippen LogP contribution < -0.4 is 11.5 Å². The minimum atomic E-state index is -3.62. The van der Waals surface area contributed by atoms with E-state index in [1.165, 1.54) is 26.0 Å². The van der Waals surface area contributed by atoms with Crippen molar-refractivity contribution in [2.45, 2.75) is 24.3 Å². The molecule has 0 fully saturated rings. The van der Waals surface area contributed by atoms with Crippen molar-refractivity contribution >= 4 is 21.7 Å². The Morgan fingerprint density at radius 2 is 1.85 bits per heavy atom. The van der Waals surface area contributed by atoms with Crippen LogP contribution in [0.25, 0.3) is 0 Å². The molecule has 1 aromatic carbocycles. The Balaban J connectivity index is 3.52. The zero-order valence-electron chi connectivity index (χ0n) is 11.4. The third kappa shape index (κ3) is 3.78. The Kier molecular flexibility index (Phi) is 4.21. The van der Waals surface area contributed by atoms with Crippen molar-refractivity contribution in [3.63, 3.8) is 0 Å². The van der Waals surface area contributed by atoms with Gasteiger partial charge in [0.05, 0.1) is 10.5 Å². The molecule has 0 spiro atoms. The van der Waals surface area contributed by atoms with Crippen molar-refractivity contribution in [3.05, 3.63) is 29.3 Å². The number of aliphatic imine (C=N–C) groups is 1. The Morgan fingerprint density at radius 1 is 1.30 bits per heavy atom.